The maximum atomic E-state index is 13.9. The molecule has 3 rings (SSSR count). The van der Waals surface area contributed by atoms with Crippen LogP contribution in [0.1, 0.15) is 25.0 Å². The van der Waals surface area contributed by atoms with Crippen molar-refractivity contribution < 1.29 is 22.7 Å². The molecule has 2 amide bonds. The maximum Gasteiger partial charge on any atom is 0.264 e. The second-order valence-corrected chi connectivity index (χ2v) is 11.0. The molecule has 0 radical (unpaired) electrons. The summed E-state index contributed by atoms with van der Waals surface area (Å²) in [4.78, 5) is 28.0. The van der Waals surface area contributed by atoms with E-state index in [4.69, 9.17) is 16.3 Å². The van der Waals surface area contributed by atoms with Gasteiger partial charge in [0.05, 0.1) is 17.7 Å². The van der Waals surface area contributed by atoms with Crippen LogP contribution in [0.2, 0.25) is 5.02 Å². The number of hydrogen-bond donors (Lipinski definition) is 1. The third-order valence-electron chi connectivity index (χ3n) is 6.01. The number of carbonyl (C=O) groups excluding carboxylic acids is 2. The van der Waals surface area contributed by atoms with Gasteiger partial charge in [-0.2, -0.15) is 0 Å². The van der Waals surface area contributed by atoms with Crippen LogP contribution in [0.4, 0.5) is 5.69 Å². The van der Waals surface area contributed by atoms with Gasteiger partial charge in [-0.1, -0.05) is 59.6 Å². The number of sulfonamides is 1. The molecule has 1 atom stereocenters. The van der Waals surface area contributed by atoms with Gasteiger partial charge in [0, 0.05) is 18.1 Å². The Morgan fingerprint density at radius 2 is 1.68 bits per heavy atom. The lowest BCUT2D eigenvalue weighted by Gasteiger charge is -2.32. The van der Waals surface area contributed by atoms with E-state index in [2.05, 4.69) is 5.32 Å². The van der Waals surface area contributed by atoms with Crippen molar-refractivity contribution >= 4 is 39.1 Å². The highest BCUT2D eigenvalue weighted by atomic mass is 35.5. The molecule has 8 nitrogen and oxygen atoms in total. The lowest BCUT2D eigenvalue weighted by Crippen LogP contribution is -2.51. The molecule has 0 aliphatic rings. The Labute approximate surface area is 229 Å². The molecule has 38 heavy (non-hydrogen) atoms. The smallest absolute Gasteiger partial charge is 0.264 e. The molecule has 0 aliphatic carbocycles. The second kappa shape index (κ2) is 12.8. The van der Waals surface area contributed by atoms with Gasteiger partial charge in [-0.3, -0.25) is 13.9 Å². The fraction of sp³-hybridized carbons (Fsp3) is 0.286. The topological polar surface area (TPSA) is 96.0 Å². The predicted octanol–water partition coefficient (Wildman–Crippen LogP) is 4.41. The van der Waals surface area contributed by atoms with Crippen molar-refractivity contribution in [1.82, 2.24) is 10.2 Å². The number of amides is 2. The van der Waals surface area contributed by atoms with Crippen molar-refractivity contribution in [2.45, 2.75) is 38.3 Å². The van der Waals surface area contributed by atoms with E-state index in [0.29, 0.717) is 6.54 Å². The third kappa shape index (κ3) is 6.85. The molecular weight excluding hydrogens is 526 g/mol. The van der Waals surface area contributed by atoms with E-state index in [-0.39, 0.29) is 33.8 Å². The van der Waals surface area contributed by atoms with Crippen LogP contribution in [0.25, 0.3) is 0 Å². The normalized spacial score (nSPS) is 11.9. The molecule has 1 N–H and O–H groups in total. The first-order chi connectivity index (χ1) is 18.1. The Balaban J connectivity index is 2.08. The monoisotopic (exact) mass is 557 g/mol. The summed E-state index contributed by atoms with van der Waals surface area (Å²) in [5.41, 5.74) is 1.97. The van der Waals surface area contributed by atoms with Crippen molar-refractivity contribution in [3.63, 3.8) is 0 Å². The van der Waals surface area contributed by atoms with Gasteiger partial charge in [-0.25, -0.2) is 8.42 Å². The van der Waals surface area contributed by atoms with E-state index >= 15 is 0 Å². The summed E-state index contributed by atoms with van der Waals surface area (Å²) in [6, 6.07) is 19.1. The van der Waals surface area contributed by atoms with Crippen molar-refractivity contribution in [3.8, 4) is 5.75 Å². The zero-order valence-electron chi connectivity index (χ0n) is 21.8. The molecule has 0 aliphatic heterocycles. The molecule has 0 fully saturated rings. The van der Waals surface area contributed by atoms with Gasteiger partial charge in [0.2, 0.25) is 11.8 Å². The first-order valence-corrected chi connectivity index (χ1v) is 13.9. The molecule has 0 aromatic heterocycles. The summed E-state index contributed by atoms with van der Waals surface area (Å²) in [5, 5.41) is 3.01. The van der Waals surface area contributed by atoms with Crippen LogP contribution in [-0.4, -0.2) is 51.4 Å². The van der Waals surface area contributed by atoms with Crippen molar-refractivity contribution in [1.29, 1.82) is 0 Å². The summed E-state index contributed by atoms with van der Waals surface area (Å²) in [6.45, 7) is 5.29. The molecule has 0 unspecified atom stereocenters. The fourth-order valence-electron chi connectivity index (χ4n) is 3.89. The summed E-state index contributed by atoms with van der Waals surface area (Å²) in [6.07, 6.45) is 0. The number of ether oxygens (including phenoxy) is 1. The number of aryl methyl sites for hydroxylation is 1. The van der Waals surface area contributed by atoms with E-state index in [1.54, 1.807) is 38.1 Å². The van der Waals surface area contributed by atoms with Crippen LogP contribution in [0, 0.1) is 6.92 Å². The SMILES string of the molecule is CCNC(=O)[C@H](C)N(Cc1ccc(C)cc1)C(=O)CN(c1cc(Cl)ccc1OC)S(=O)(=O)c1ccccc1. The largest absolute Gasteiger partial charge is 0.495 e. The van der Waals surface area contributed by atoms with Crippen LogP contribution in [-0.2, 0) is 26.2 Å². The van der Waals surface area contributed by atoms with Crippen LogP contribution >= 0.6 is 11.6 Å². The minimum absolute atomic E-state index is 0.00307. The zero-order valence-corrected chi connectivity index (χ0v) is 23.4. The minimum Gasteiger partial charge on any atom is -0.495 e. The third-order valence-corrected chi connectivity index (χ3v) is 8.02. The Bertz CT molecular complexity index is 1360. The summed E-state index contributed by atoms with van der Waals surface area (Å²) < 4.78 is 34.1. The lowest BCUT2D eigenvalue weighted by molar-refractivity contribution is -0.139. The maximum absolute atomic E-state index is 13.9. The van der Waals surface area contributed by atoms with Gasteiger partial charge in [0.15, 0.2) is 0 Å². The van der Waals surface area contributed by atoms with Crippen molar-refractivity contribution in [2.24, 2.45) is 0 Å². The quantitative estimate of drug-likeness (QED) is 0.377. The molecule has 0 heterocycles. The number of rotatable bonds is 11. The van der Waals surface area contributed by atoms with Gasteiger partial charge >= 0.3 is 0 Å². The Morgan fingerprint density at radius 3 is 2.29 bits per heavy atom. The highest BCUT2D eigenvalue weighted by Gasteiger charge is 2.33. The number of nitrogens with one attached hydrogen (secondary N) is 1. The van der Waals surface area contributed by atoms with E-state index in [0.717, 1.165) is 15.4 Å². The Hall–Kier alpha value is -3.56. The number of methoxy groups -OCH3 is 1. The van der Waals surface area contributed by atoms with Crippen LogP contribution in [0.3, 0.4) is 0 Å². The van der Waals surface area contributed by atoms with Gasteiger partial charge in [0.1, 0.15) is 18.3 Å². The zero-order chi connectivity index (χ0) is 27.9. The lowest BCUT2D eigenvalue weighted by atomic mass is 10.1. The number of likely N-dealkylation sites (N-methyl/N-ethyl adjacent to an activating group) is 1. The van der Waals surface area contributed by atoms with E-state index < -0.39 is 28.5 Å². The van der Waals surface area contributed by atoms with Crippen LogP contribution in [0.5, 0.6) is 5.75 Å². The molecule has 0 bridgehead atoms. The molecule has 0 spiro atoms. The van der Waals surface area contributed by atoms with Crippen LogP contribution < -0.4 is 14.4 Å². The Morgan fingerprint density at radius 1 is 1.03 bits per heavy atom. The molecule has 202 valence electrons. The average molecular weight is 558 g/mol. The van der Waals surface area contributed by atoms with Crippen LogP contribution in [0.15, 0.2) is 77.7 Å². The standard InChI is InChI=1S/C28H32ClN3O5S/c1-5-30-28(34)21(3)31(18-22-13-11-20(2)12-14-22)27(33)19-32(25-17-23(29)15-16-26(25)37-4)38(35,36)24-9-7-6-8-10-24/h6-17,21H,5,18-19H2,1-4H3,(H,30,34)/t21-/m0/s1. The second-order valence-electron chi connectivity index (χ2n) is 8.72. The number of anilines is 1. The van der Waals surface area contributed by atoms with E-state index in [9.17, 15) is 18.0 Å². The van der Waals surface area contributed by atoms with E-state index in [1.165, 1.54) is 36.3 Å². The number of benzene rings is 3. The molecule has 3 aromatic carbocycles. The molecule has 0 saturated heterocycles. The van der Waals surface area contributed by atoms with Gasteiger partial charge < -0.3 is 15.0 Å². The summed E-state index contributed by atoms with van der Waals surface area (Å²) >= 11 is 6.23. The molecule has 3 aromatic rings. The fourth-order valence-corrected chi connectivity index (χ4v) is 5.49. The molecule has 10 heteroatoms. The Kier molecular flexibility index (Phi) is 9.77. The highest BCUT2D eigenvalue weighted by molar-refractivity contribution is 7.92. The number of carbonyl (C=O) groups is 2. The number of nitrogens with zero attached hydrogens (tertiary/aromatic N) is 2. The molecular formula is C28H32ClN3O5S. The van der Waals surface area contributed by atoms with Gasteiger partial charge in [-0.15, -0.1) is 0 Å². The predicted molar refractivity (Wildman–Crippen MR) is 149 cm³/mol. The summed E-state index contributed by atoms with van der Waals surface area (Å²) in [7, 11) is -2.81. The van der Waals surface area contributed by atoms with Gasteiger partial charge in [-0.05, 0) is 56.7 Å². The van der Waals surface area contributed by atoms with E-state index in [1.807, 2.05) is 31.2 Å². The van der Waals surface area contributed by atoms with Crippen molar-refractivity contribution in [3.05, 3.63) is 88.9 Å². The summed E-state index contributed by atoms with van der Waals surface area (Å²) in [5.74, 6) is -0.680. The molecule has 0 saturated carbocycles. The number of hydrogen-bond acceptors (Lipinski definition) is 5. The average Bonchev–Trinajstić information content (AvgIpc) is 2.91. The first kappa shape index (κ1) is 29.0. The van der Waals surface area contributed by atoms with Gasteiger partial charge in [0.25, 0.3) is 10.0 Å². The highest BCUT2D eigenvalue weighted by Crippen LogP contribution is 2.35. The number of halogens is 1. The minimum atomic E-state index is -4.22. The van der Waals surface area contributed by atoms with Crippen molar-refractivity contribution in [2.75, 3.05) is 24.5 Å². The first-order valence-electron chi connectivity index (χ1n) is 12.1.